The summed E-state index contributed by atoms with van der Waals surface area (Å²) in [6.45, 7) is 2.01. The van der Waals surface area contributed by atoms with E-state index in [2.05, 4.69) is 10.3 Å². The number of aromatic nitrogens is 1. The van der Waals surface area contributed by atoms with Crippen LogP contribution < -0.4 is 10.1 Å². The molecule has 0 fully saturated rings. The number of rotatable bonds is 3. The van der Waals surface area contributed by atoms with Gasteiger partial charge in [0.25, 0.3) is 0 Å². The van der Waals surface area contributed by atoms with Crippen LogP contribution in [0.1, 0.15) is 11.3 Å². The Morgan fingerprint density at radius 1 is 1.28 bits per heavy atom. The summed E-state index contributed by atoms with van der Waals surface area (Å²) in [6, 6.07) is 11.4. The maximum absolute atomic E-state index is 8.81. The van der Waals surface area contributed by atoms with Crippen LogP contribution in [0.4, 0.5) is 11.4 Å². The highest BCUT2D eigenvalue weighted by Gasteiger charge is 2.04. The lowest BCUT2D eigenvalue weighted by Crippen LogP contribution is -1.96. The Kier molecular flexibility index (Phi) is 3.44. The molecule has 0 saturated heterocycles. The van der Waals surface area contributed by atoms with Gasteiger partial charge in [0, 0.05) is 11.9 Å². The number of nitriles is 1. The van der Waals surface area contributed by atoms with Gasteiger partial charge in [0.15, 0.2) is 0 Å². The van der Waals surface area contributed by atoms with Gasteiger partial charge in [-0.25, -0.2) is 4.98 Å². The molecule has 0 aliphatic carbocycles. The lowest BCUT2D eigenvalue weighted by molar-refractivity contribution is 0.416. The summed E-state index contributed by atoms with van der Waals surface area (Å²) in [5.74, 6) is 0.760. The van der Waals surface area contributed by atoms with E-state index in [1.54, 1.807) is 19.4 Å². The highest BCUT2D eigenvalue weighted by atomic mass is 16.5. The SMILES string of the molecule is COc1ccc(C)cc1Nc1ccnc(C#N)c1. The van der Waals surface area contributed by atoms with Gasteiger partial charge in [-0.1, -0.05) is 6.07 Å². The van der Waals surface area contributed by atoms with Crippen molar-refractivity contribution >= 4 is 11.4 Å². The average Bonchev–Trinajstić information content (AvgIpc) is 2.39. The number of benzene rings is 1. The summed E-state index contributed by atoms with van der Waals surface area (Å²) in [5.41, 5.74) is 3.19. The van der Waals surface area contributed by atoms with Crippen LogP contribution in [0.25, 0.3) is 0 Å². The van der Waals surface area contributed by atoms with Gasteiger partial charge in [-0.2, -0.15) is 5.26 Å². The summed E-state index contributed by atoms with van der Waals surface area (Å²) in [6.07, 6.45) is 1.60. The van der Waals surface area contributed by atoms with E-state index in [4.69, 9.17) is 10.00 Å². The zero-order valence-corrected chi connectivity index (χ0v) is 10.3. The predicted molar refractivity (Wildman–Crippen MR) is 70.0 cm³/mol. The number of hydrogen-bond donors (Lipinski definition) is 1. The third kappa shape index (κ3) is 2.58. The molecule has 1 aromatic heterocycles. The number of aryl methyl sites for hydroxylation is 1. The molecule has 90 valence electrons. The zero-order chi connectivity index (χ0) is 13.0. The summed E-state index contributed by atoms with van der Waals surface area (Å²) >= 11 is 0. The highest BCUT2D eigenvalue weighted by Crippen LogP contribution is 2.28. The van der Waals surface area contributed by atoms with E-state index in [0.717, 1.165) is 22.7 Å². The molecule has 0 aliphatic rings. The second-order valence-electron chi connectivity index (χ2n) is 3.87. The van der Waals surface area contributed by atoms with Gasteiger partial charge in [0.05, 0.1) is 12.8 Å². The Balaban J connectivity index is 2.33. The smallest absolute Gasteiger partial charge is 0.142 e. The first-order valence-electron chi connectivity index (χ1n) is 5.51. The lowest BCUT2D eigenvalue weighted by Gasteiger charge is -2.11. The molecule has 2 rings (SSSR count). The molecule has 0 bridgehead atoms. The standard InChI is InChI=1S/C14H13N3O/c1-10-3-4-14(18-2)13(7-10)17-11-5-6-16-12(8-11)9-15/h3-8H,1-2H3,(H,16,17). The average molecular weight is 239 g/mol. The molecule has 2 aromatic rings. The van der Waals surface area contributed by atoms with Crippen LogP contribution in [-0.2, 0) is 0 Å². The molecule has 0 aliphatic heterocycles. The number of nitrogens with zero attached hydrogens (tertiary/aromatic N) is 2. The first-order valence-corrected chi connectivity index (χ1v) is 5.51. The quantitative estimate of drug-likeness (QED) is 0.894. The van der Waals surface area contributed by atoms with Crippen molar-refractivity contribution in [1.82, 2.24) is 4.98 Å². The van der Waals surface area contributed by atoms with Crippen molar-refractivity contribution in [3.8, 4) is 11.8 Å². The number of methoxy groups -OCH3 is 1. The minimum Gasteiger partial charge on any atom is -0.495 e. The Hall–Kier alpha value is -2.54. The van der Waals surface area contributed by atoms with E-state index in [0.29, 0.717) is 5.69 Å². The van der Waals surface area contributed by atoms with Gasteiger partial charge in [0.2, 0.25) is 0 Å². The molecular formula is C14H13N3O. The molecule has 1 heterocycles. The van der Waals surface area contributed by atoms with Crippen LogP contribution in [0, 0.1) is 18.3 Å². The number of anilines is 2. The number of nitrogens with one attached hydrogen (secondary N) is 1. The van der Waals surface area contributed by atoms with Crippen molar-refractivity contribution in [2.24, 2.45) is 0 Å². The van der Waals surface area contributed by atoms with E-state index in [9.17, 15) is 0 Å². The van der Waals surface area contributed by atoms with Crippen LogP contribution in [0.15, 0.2) is 36.5 Å². The summed E-state index contributed by atoms with van der Waals surface area (Å²) in [5, 5.41) is 12.0. The van der Waals surface area contributed by atoms with Crippen LogP contribution >= 0.6 is 0 Å². The maximum atomic E-state index is 8.81. The maximum Gasteiger partial charge on any atom is 0.142 e. The third-order valence-corrected chi connectivity index (χ3v) is 2.51. The summed E-state index contributed by atoms with van der Waals surface area (Å²) < 4.78 is 5.29. The van der Waals surface area contributed by atoms with E-state index < -0.39 is 0 Å². The van der Waals surface area contributed by atoms with Crippen LogP contribution in [0.5, 0.6) is 5.75 Å². The molecule has 18 heavy (non-hydrogen) atoms. The Labute approximate surface area is 106 Å². The molecule has 4 nitrogen and oxygen atoms in total. The van der Waals surface area contributed by atoms with E-state index in [1.807, 2.05) is 37.3 Å². The monoisotopic (exact) mass is 239 g/mol. The molecule has 4 heteroatoms. The minimum atomic E-state index is 0.381. The van der Waals surface area contributed by atoms with E-state index in [1.165, 1.54) is 0 Å². The van der Waals surface area contributed by atoms with Gasteiger partial charge in [-0.05, 0) is 36.8 Å². The predicted octanol–water partition coefficient (Wildman–Crippen LogP) is 3.01. The second kappa shape index (κ2) is 5.19. The number of hydrogen-bond acceptors (Lipinski definition) is 4. The minimum absolute atomic E-state index is 0.381. The fourth-order valence-corrected chi connectivity index (χ4v) is 1.64. The third-order valence-electron chi connectivity index (χ3n) is 2.51. The molecular weight excluding hydrogens is 226 g/mol. The van der Waals surface area contributed by atoms with E-state index >= 15 is 0 Å². The highest BCUT2D eigenvalue weighted by molar-refractivity contribution is 5.67. The van der Waals surface area contributed by atoms with Gasteiger partial charge >= 0.3 is 0 Å². The van der Waals surface area contributed by atoms with Gasteiger partial charge in [-0.15, -0.1) is 0 Å². The summed E-state index contributed by atoms with van der Waals surface area (Å²) in [7, 11) is 1.63. The molecule has 0 saturated carbocycles. The fraction of sp³-hybridized carbons (Fsp3) is 0.143. The molecule has 1 aromatic carbocycles. The zero-order valence-electron chi connectivity index (χ0n) is 10.3. The molecule has 1 N–H and O–H groups in total. The van der Waals surface area contributed by atoms with Crippen molar-refractivity contribution in [2.45, 2.75) is 6.92 Å². The van der Waals surface area contributed by atoms with Crippen molar-refractivity contribution in [2.75, 3.05) is 12.4 Å². The van der Waals surface area contributed by atoms with Crippen molar-refractivity contribution in [3.05, 3.63) is 47.8 Å². The van der Waals surface area contributed by atoms with Crippen LogP contribution in [-0.4, -0.2) is 12.1 Å². The Bertz CT molecular complexity index is 602. The molecule has 0 atom stereocenters. The van der Waals surface area contributed by atoms with Crippen molar-refractivity contribution in [1.29, 1.82) is 5.26 Å². The van der Waals surface area contributed by atoms with Gasteiger partial charge < -0.3 is 10.1 Å². The first kappa shape index (κ1) is 11.9. The Morgan fingerprint density at radius 2 is 2.11 bits per heavy atom. The molecule has 0 spiro atoms. The summed E-state index contributed by atoms with van der Waals surface area (Å²) in [4.78, 5) is 3.93. The fourth-order valence-electron chi connectivity index (χ4n) is 1.64. The first-order chi connectivity index (χ1) is 8.72. The van der Waals surface area contributed by atoms with Crippen LogP contribution in [0.3, 0.4) is 0 Å². The van der Waals surface area contributed by atoms with Gasteiger partial charge in [-0.3, -0.25) is 0 Å². The van der Waals surface area contributed by atoms with Gasteiger partial charge in [0.1, 0.15) is 17.5 Å². The van der Waals surface area contributed by atoms with Crippen molar-refractivity contribution in [3.63, 3.8) is 0 Å². The normalized spacial score (nSPS) is 9.61. The van der Waals surface area contributed by atoms with Crippen molar-refractivity contribution < 1.29 is 4.74 Å². The number of pyridine rings is 1. The lowest BCUT2D eigenvalue weighted by atomic mass is 10.2. The number of ether oxygens (including phenoxy) is 1. The Morgan fingerprint density at radius 3 is 2.83 bits per heavy atom. The van der Waals surface area contributed by atoms with Crippen LogP contribution in [0.2, 0.25) is 0 Å². The topological polar surface area (TPSA) is 57.9 Å². The largest absolute Gasteiger partial charge is 0.495 e. The molecule has 0 unspecified atom stereocenters. The molecule has 0 radical (unpaired) electrons. The molecule has 0 amide bonds. The van der Waals surface area contributed by atoms with E-state index in [-0.39, 0.29) is 0 Å². The second-order valence-corrected chi connectivity index (χ2v) is 3.87.